The van der Waals surface area contributed by atoms with E-state index in [1.165, 1.54) is 0 Å². The summed E-state index contributed by atoms with van der Waals surface area (Å²) in [5.41, 5.74) is 1.09. The second-order valence-electron chi connectivity index (χ2n) is 2.61. The van der Waals surface area contributed by atoms with Gasteiger partial charge in [-0.2, -0.15) is 0 Å². The maximum atomic E-state index is 8.69. The first-order chi connectivity index (χ1) is 5.72. The molecule has 0 aliphatic rings. The van der Waals surface area contributed by atoms with Gasteiger partial charge in [0.25, 0.3) is 0 Å². The minimum atomic E-state index is -0.203. The Balaban J connectivity index is 2.58. The summed E-state index contributed by atoms with van der Waals surface area (Å²) >= 11 is 11.5. The third-order valence-corrected chi connectivity index (χ3v) is 2.11. The standard InChI is InChI=1S/C9H10Cl2O/c10-8-3-1-7(2-4-8)5-9(11)6-12/h1-4,9,12H,5-6H2. The van der Waals surface area contributed by atoms with Gasteiger partial charge in [-0.3, -0.25) is 0 Å². The van der Waals surface area contributed by atoms with E-state index in [4.69, 9.17) is 28.3 Å². The fourth-order valence-corrected chi connectivity index (χ4v) is 1.24. The Morgan fingerprint density at radius 1 is 1.25 bits per heavy atom. The molecule has 1 aromatic rings. The SMILES string of the molecule is OCC(Cl)Cc1ccc(Cl)cc1. The molecule has 0 fully saturated rings. The molecule has 0 aliphatic carbocycles. The van der Waals surface area contributed by atoms with E-state index in [1.807, 2.05) is 24.3 Å². The lowest BCUT2D eigenvalue weighted by molar-refractivity contribution is 0.292. The molecule has 0 spiro atoms. The molecule has 0 saturated heterocycles. The zero-order valence-corrected chi connectivity index (χ0v) is 8.02. The van der Waals surface area contributed by atoms with Crippen LogP contribution in [0.4, 0.5) is 0 Å². The number of benzene rings is 1. The molecule has 0 bridgehead atoms. The normalized spacial score (nSPS) is 12.9. The fourth-order valence-electron chi connectivity index (χ4n) is 0.941. The Labute approximate surface area is 81.9 Å². The van der Waals surface area contributed by atoms with Gasteiger partial charge in [0.15, 0.2) is 0 Å². The second kappa shape index (κ2) is 4.70. The maximum absolute atomic E-state index is 8.69. The lowest BCUT2D eigenvalue weighted by Crippen LogP contribution is -2.07. The number of hydrogen-bond donors (Lipinski definition) is 1. The van der Waals surface area contributed by atoms with Gasteiger partial charge >= 0.3 is 0 Å². The molecule has 0 saturated carbocycles. The highest BCUT2D eigenvalue weighted by atomic mass is 35.5. The van der Waals surface area contributed by atoms with E-state index in [0.29, 0.717) is 11.4 Å². The molecule has 0 radical (unpaired) electrons. The van der Waals surface area contributed by atoms with Crippen LogP contribution >= 0.6 is 23.2 Å². The summed E-state index contributed by atoms with van der Waals surface area (Å²) in [6.45, 7) is 0.00415. The van der Waals surface area contributed by atoms with Gasteiger partial charge < -0.3 is 5.11 Å². The predicted molar refractivity (Wildman–Crippen MR) is 51.9 cm³/mol. The van der Waals surface area contributed by atoms with Gasteiger partial charge in [-0.25, -0.2) is 0 Å². The maximum Gasteiger partial charge on any atom is 0.0607 e. The van der Waals surface area contributed by atoms with Crippen LogP contribution in [0.2, 0.25) is 5.02 Å². The fraction of sp³-hybridized carbons (Fsp3) is 0.333. The Hall–Kier alpha value is -0.240. The van der Waals surface area contributed by atoms with Crippen molar-refractivity contribution >= 4 is 23.2 Å². The van der Waals surface area contributed by atoms with Crippen LogP contribution in [0, 0.1) is 0 Å². The largest absolute Gasteiger partial charge is 0.395 e. The van der Waals surface area contributed by atoms with Crippen molar-refractivity contribution in [3.8, 4) is 0 Å². The number of rotatable bonds is 3. The van der Waals surface area contributed by atoms with Gasteiger partial charge in [0.1, 0.15) is 0 Å². The van der Waals surface area contributed by atoms with Crippen LogP contribution in [0.1, 0.15) is 5.56 Å². The number of aliphatic hydroxyl groups excluding tert-OH is 1. The number of hydrogen-bond acceptors (Lipinski definition) is 1. The molecule has 0 heterocycles. The first-order valence-corrected chi connectivity index (χ1v) is 4.53. The van der Waals surface area contributed by atoms with Crippen LogP contribution in [0.15, 0.2) is 24.3 Å². The molecule has 1 N–H and O–H groups in total. The molecule has 0 aliphatic heterocycles. The van der Waals surface area contributed by atoms with Crippen LogP contribution < -0.4 is 0 Å². The van der Waals surface area contributed by atoms with Gasteiger partial charge in [-0.1, -0.05) is 23.7 Å². The van der Waals surface area contributed by atoms with Crippen molar-refractivity contribution in [1.29, 1.82) is 0 Å². The Morgan fingerprint density at radius 3 is 2.33 bits per heavy atom. The predicted octanol–water partition coefficient (Wildman–Crippen LogP) is 2.48. The summed E-state index contributed by atoms with van der Waals surface area (Å²) < 4.78 is 0. The summed E-state index contributed by atoms with van der Waals surface area (Å²) in [7, 11) is 0. The molecule has 0 amide bonds. The zero-order valence-electron chi connectivity index (χ0n) is 6.50. The van der Waals surface area contributed by atoms with Crippen LogP contribution in [-0.4, -0.2) is 17.1 Å². The monoisotopic (exact) mass is 204 g/mol. The molecular weight excluding hydrogens is 195 g/mol. The van der Waals surface area contributed by atoms with E-state index in [9.17, 15) is 0 Å². The first kappa shape index (κ1) is 9.85. The van der Waals surface area contributed by atoms with Gasteiger partial charge in [0.05, 0.1) is 12.0 Å². The molecule has 1 unspecified atom stereocenters. The van der Waals surface area contributed by atoms with E-state index >= 15 is 0 Å². The number of aliphatic hydroxyl groups is 1. The van der Waals surface area contributed by atoms with Crippen molar-refractivity contribution in [3.63, 3.8) is 0 Å². The van der Waals surface area contributed by atoms with Crippen molar-refractivity contribution in [2.75, 3.05) is 6.61 Å². The van der Waals surface area contributed by atoms with Crippen LogP contribution in [0.25, 0.3) is 0 Å². The molecular formula is C9H10Cl2O. The molecule has 66 valence electrons. The zero-order chi connectivity index (χ0) is 8.97. The number of alkyl halides is 1. The number of halogens is 2. The molecule has 1 rings (SSSR count). The average molecular weight is 205 g/mol. The minimum Gasteiger partial charge on any atom is -0.395 e. The third-order valence-electron chi connectivity index (χ3n) is 1.57. The highest BCUT2D eigenvalue weighted by Gasteiger charge is 2.03. The molecule has 1 nitrogen and oxygen atoms in total. The lowest BCUT2D eigenvalue weighted by Gasteiger charge is -2.04. The van der Waals surface area contributed by atoms with Gasteiger partial charge in [-0.05, 0) is 24.1 Å². The molecule has 0 aromatic heterocycles. The van der Waals surface area contributed by atoms with Crippen LogP contribution in [0.5, 0.6) is 0 Å². The molecule has 12 heavy (non-hydrogen) atoms. The summed E-state index contributed by atoms with van der Waals surface area (Å²) in [6.07, 6.45) is 0.676. The van der Waals surface area contributed by atoms with Gasteiger partial charge in [0, 0.05) is 5.02 Å². The topological polar surface area (TPSA) is 20.2 Å². The van der Waals surface area contributed by atoms with Crippen molar-refractivity contribution in [1.82, 2.24) is 0 Å². The van der Waals surface area contributed by atoms with E-state index in [0.717, 1.165) is 5.56 Å². The third kappa shape index (κ3) is 3.02. The highest BCUT2D eigenvalue weighted by Crippen LogP contribution is 2.12. The highest BCUT2D eigenvalue weighted by molar-refractivity contribution is 6.30. The summed E-state index contributed by atoms with van der Waals surface area (Å²) in [5.74, 6) is 0. The molecule has 1 atom stereocenters. The van der Waals surface area contributed by atoms with Crippen molar-refractivity contribution < 1.29 is 5.11 Å². The molecule has 1 aromatic carbocycles. The lowest BCUT2D eigenvalue weighted by atomic mass is 10.1. The van der Waals surface area contributed by atoms with E-state index in [-0.39, 0.29) is 12.0 Å². The van der Waals surface area contributed by atoms with Crippen molar-refractivity contribution in [2.45, 2.75) is 11.8 Å². The summed E-state index contributed by atoms with van der Waals surface area (Å²) in [5, 5.41) is 9.21. The van der Waals surface area contributed by atoms with Crippen LogP contribution in [0.3, 0.4) is 0 Å². The Kier molecular flexibility index (Phi) is 3.86. The van der Waals surface area contributed by atoms with Gasteiger partial charge in [0.2, 0.25) is 0 Å². The Morgan fingerprint density at radius 2 is 1.83 bits per heavy atom. The van der Waals surface area contributed by atoms with E-state index in [1.54, 1.807) is 0 Å². The van der Waals surface area contributed by atoms with E-state index in [2.05, 4.69) is 0 Å². The Bertz CT molecular complexity index is 233. The summed E-state index contributed by atoms with van der Waals surface area (Å²) in [4.78, 5) is 0. The smallest absolute Gasteiger partial charge is 0.0607 e. The average Bonchev–Trinajstić information content (AvgIpc) is 2.09. The summed E-state index contributed by atoms with van der Waals surface area (Å²) in [6, 6.07) is 7.45. The van der Waals surface area contributed by atoms with Gasteiger partial charge in [-0.15, -0.1) is 11.6 Å². The quantitative estimate of drug-likeness (QED) is 0.751. The van der Waals surface area contributed by atoms with Crippen molar-refractivity contribution in [2.24, 2.45) is 0 Å². The minimum absolute atomic E-state index is 0.00415. The van der Waals surface area contributed by atoms with E-state index < -0.39 is 0 Å². The first-order valence-electron chi connectivity index (χ1n) is 3.71. The van der Waals surface area contributed by atoms with Crippen molar-refractivity contribution in [3.05, 3.63) is 34.9 Å². The second-order valence-corrected chi connectivity index (χ2v) is 3.66. The van der Waals surface area contributed by atoms with Crippen LogP contribution in [-0.2, 0) is 6.42 Å². The molecule has 3 heteroatoms.